The predicted molar refractivity (Wildman–Crippen MR) is 179 cm³/mol. The summed E-state index contributed by atoms with van der Waals surface area (Å²) >= 11 is 0. The molecule has 44 heavy (non-hydrogen) atoms. The lowest BCUT2D eigenvalue weighted by Crippen LogP contribution is -2.29. The van der Waals surface area contributed by atoms with Gasteiger partial charge < -0.3 is 19.3 Å². The van der Waals surface area contributed by atoms with Crippen molar-refractivity contribution in [3.05, 3.63) is 48.6 Å². The molecule has 0 aliphatic carbocycles. The van der Waals surface area contributed by atoms with Crippen molar-refractivity contribution >= 4 is 19.8 Å². The molecule has 254 valence electrons. The molecule has 0 bridgehead atoms. The highest BCUT2D eigenvalue weighted by molar-refractivity contribution is 7.46. The molecular formula is C35H61O8P. The van der Waals surface area contributed by atoms with Crippen molar-refractivity contribution in [1.82, 2.24) is 0 Å². The third-order valence-electron chi connectivity index (χ3n) is 6.86. The van der Waals surface area contributed by atoms with Crippen molar-refractivity contribution in [2.45, 2.75) is 148 Å². The first-order valence-corrected chi connectivity index (χ1v) is 18.5. The SMILES string of the molecule is CC/C=C/C/C=C/C/C=C/C/C=C/CCCCC(=O)OC[C@H](COP(=O)(O)O)OC(=O)CCCCCCCCCCCCC. The molecule has 0 radical (unpaired) electrons. The van der Waals surface area contributed by atoms with E-state index in [1.807, 2.05) is 0 Å². The van der Waals surface area contributed by atoms with Crippen LogP contribution in [0.3, 0.4) is 0 Å². The Hall–Kier alpha value is -1.99. The largest absolute Gasteiger partial charge is 0.469 e. The van der Waals surface area contributed by atoms with E-state index in [4.69, 9.17) is 19.3 Å². The van der Waals surface area contributed by atoms with Gasteiger partial charge in [-0.05, 0) is 51.4 Å². The summed E-state index contributed by atoms with van der Waals surface area (Å²) in [4.78, 5) is 42.5. The highest BCUT2D eigenvalue weighted by Gasteiger charge is 2.22. The summed E-state index contributed by atoms with van der Waals surface area (Å²) in [6, 6.07) is 0. The van der Waals surface area contributed by atoms with E-state index >= 15 is 0 Å². The zero-order valence-corrected chi connectivity index (χ0v) is 28.4. The molecule has 0 aliphatic rings. The van der Waals surface area contributed by atoms with E-state index in [2.05, 4.69) is 67.0 Å². The van der Waals surface area contributed by atoms with E-state index in [0.29, 0.717) is 12.8 Å². The number of ether oxygens (including phenoxy) is 2. The van der Waals surface area contributed by atoms with Gasteiger partial charge in [-0.1, -0.05) is 127 Å². The van der Waals surface area contributed by atoms with Crippen LogP contribution in [0.2, 0.25) is 0 Å². The topological polar surface area (TPSA) is 119 Å². The van der Waals surface area contributed by atoms with Crippen molar-refractivity contribution < 1.29 is 37.9 Å². The molecule has 0 amide bonds. The first kappa shape index (κ1) is 42.0. The minimum atomic E-state index is -4.75. The average molecular weight is 641 g/mol. The minimum Gasteiger partial charge on any atom is -0.462 e. The van der Waals surface area contributed by atoms with Gasteiger partial charge >= 0.3 is 19.8 Å². The zero-order valence-electron chi connectivity index (χ0n) is 27.5. The third kappa shape index (κ3) is 32.9. The van der Waals surface area contributed by atoms with E-state index in [9.17, 15) is 14.2 Å². The monoisotopic (exact) mass is 640 g/mol. The van der Waals surface area contributed by atoms with E-state index in [1.165, 1.54) is 44.9 Å². The Labute approximate surface area is 267 Å². The van der Waals surface area contributed by atoms with Crippen LogP contribution in [0.5, 0.6) is 0 Å². The van der Waals surface area contributed by atoms with E-state index in [0.717, 1.165) is 57.8 Å². The highest BCUT2D eigenvalue weighted by atomic mass is 31.2. The Balaban J connectivity index is 4.10. The van der Waals surface area contributed by atoms with Crippen molar-refractivity contribution in [2.24, 2.45) is 0 Å². The second-order valence-corrected chi connectivity index (χ2v) is 12.4. The summed E-state index contributed by atoms with van der Waals surface area (Å²) in [5.74, 6) is -0.938. The number of phosphoric acid groups is 1. The Bertz CT molecular complexity index is 859. The van der Waals surface area contributed by atoms with Gasteiger partial charge in [0.2, 0.25) is 0 Å². The number of phosphoric ester groups is 1. The van der Waals surface area contributed by atoms with E-state index < -0.39 is 32.5 Å². The van der Waals surface area contributed by atoms with E-state index in [1.54, 1.807) is 0 Å². The number of carbonyl (C=O) groups excluding carboxylic acids is 2. The summed E-state index contributed by atoms with van der Waals surface area (Å²) in [6.07, 6.45) is 35.5. The lowest BCUT2D eigenvalue weighted by Gasteiger charge is -2.18. The van der Waals surface area contributed by atoms with Crippen molar-refractivity contribution in [2.75, 3.05) is 13.2 Å². The number of unbranched alkanes of at least 4 members (excludes halogenated alkanes) is 12. The average Bonchev–Trinajstić information content (AvgIpc) is 2.98. The molecule has 0 unspecified atom stereocenters. The van der Waals surface area contributed by atoms with Crippen molar-refractivity contribution in [1.29, 1.82) is 0 Å². The lowest BCUT2D eigenvalue weighted by molar-refractivity contribution is -0.161. The van der Waals surface area contributed by atoms with Gasteiger partial charge in [0.15, 0.2) is 6.10 Å². The van der Waals surface area contributed by atoms with Gasteiger partial charge in [-0.15, -0.1) is 0 Å². The molecular weight excluding hydrogens is 579 g/mol. The minimum absolute atomic E-state index is 0.203. The van der Waals surface area contributed by atoms with Crippen molar-refractivity contribution in [3.63, 3.8) is 0 Å². The smallest absolute Gasteiger partial charge is 0.462 e. The highest BCUT2D eigenvalue weighted by Crippen LogP contribution is 2.35. The Morgan fingerprint density at radius 2 is 1.09 bits per heavy atom. The van der Waals surface area contributed by atoms with Crippen LogP contribution in [0, 0.1) is 0 Å². The van der Waals surface area contributed by atoms with Crippen LogP contribution >= 0.6 is 7.82 Å². The molecule has 0 saturated carbocycles. The first-order chi connectivity index (χ1) is 21.3. The Kier molecular flexibility index (Phi) is 29.6. The van der Waals surface area contributed by atoms with Gasteiger partial charge in [-0.2, -0.15) is 0 Å². The molecule has 0 spiro atoms. The number of carbonyl (C=O) groups is 2. The number of esters is 2. The maximum Gasteiger partial charge on any atom is 0.469 e. The number of allylic oxidation sites excluding steroid dienone is 8. The second kappa shape index (κ2) is 31.0. The van der Waals surface area contributed by atoms with Gasteiger partial charge in [0.1, 0.15) is 6.61 Å². The molecule has 0 aromatic carbocycles. The second-order valence-electron chi connectivity index (χ2n) is 11.1. The zero-order chi connectivity index (χ0) is 32.6. The van der Waals surface area contributed by atoms with Gasteiger partial charge in [0.05, 0.1) is 6.61 Å². The standard InChI is InChI=1S/C35H61O8P/c1-3-5-7-9-11-13-15-16-17-18-20-21-23-25-27-29-34(36)41-31-33(32-42-44(38,39)40)43-35(37)30-28-26-24-22-19-14-12-10-8-6-4-2/h5,7,11,13,16-17,20-21,33H,3-4,6,8-10,12,14-15,18-19,22-32H2,1-2H3,(H2,38,39,40)/b7-5+,13-11+,17-16+,21-20+/t33-/m1/s1. The van der Waals surface area contributed by atoms with Crippen LogP contribution in [-0.2, 0) is 28.2 Å². The maximum absolute atomic E-state index is 12.3. The third-order valence-corrected chi connectivity index (χ3v) is 7.35. The Morgan fingerprint density at radius 1 is 0.614 bits per heavy atom. The van der Waals surface area contributed by atoms with Crippen LogP contribution in [0.15, 0.2) is 48.6 Å². The van der Waals surface area contributed by atoms with Gasteiger partial charge in [-0.3, -0.25) is 14.1 Å². The molecule has 0 saturated heterocycles. The molecule has 9 heteroatoms. The fourth-order valence-electron chi connectivity index (χ4n) is 4.36. The summed E-state index contributed by atoms with van der Waals surface area (Å²) in [6.45, 7) is 3.49. The van der Waals surface area contributed by atoms with Gasteiger partial charge in [-0.25, -0.2) is 4.57 Å². The molecule has 1 atom stereocenters. The molecule has 0 heterocycles. The molecule has 0 rings (SSSR count). The molecule has 0 aromatic heterocycles. The number of hydrogen-bond acceptors (Lipinski definition) is 6. The normalized spacial score (nSPS) is 13.1. The van der Waals surface area contributed by atoms with Gasteiger partial charge in [0, 0.05) is 12.8 Å². The fourth-order valence-corrected chi connectivity index (χ4v) is 4.72. The van der Waals surface area contributed by atoms with Gasteiger partial charge in [0.25, 0.3) is 0 Å². The lowest BCUT2D eigenvalue weighted by atomic mass is 10.1. The quantitative estimate of drug-likeness (QED) is 0.0345. The Morgan fingerprint density at radius 3 is 1.64 bits per heavy atom. The molecule has 0 aliphatic heterocycles. The van der Waals surface area contributed by atoms with E-state index in [-0.39, 0.29) is 19.4 Å². The fraction of sp³-hybridized carbons (Fsp3) is 0.714. The summed E-state index contributed by atoms with van der Waals surface area (Å²) in [5, 5.41) is 0. The number of hydrogen-bond donors (Lipinski definition) is 2. The van der Waals surface area contributed by atoms with Crippen LogP contribution in [-0.4, -0.2) is 41.0 Å². The molecule has 2 N–H and O–H groups in total. The summed E-state index contributed by atoms with van der Waals surface area (Å²) in [5.41, 5.74) is 0. The maximum atomic E-state index is 12.3. The number of rotatable bonds is 30. The van der Waals surface area contributed by atoms with Crippen LogP contribution < -0.4 is 0 Å². The summed E-state index contributed by atoms with van der Waals surface area (Å²) < 4.78 is 26.2. The summed E-state index contributed by atoms with van der Waals surface area (Å²) in [7, 11) is -4.75. The van der Waals surface area contributed by atoms with Crippen molar-refractivity contribution in [3.8, 4) is 0 Å². The molecule has 0 aromatic rings. The van der Waals surface area contributed by atoms with Crippen LogP contribution in [0.1, 0.15) is 142 Å². The van der Waals surface area contributed by atoms with Crippen LogP contribution in [0.25, 0.3) is 0 Å². The first-order valence-electron chi connectivity index (χ1n) is 16.9. The molecule has 8 nitrogen and oxygen atoms in total. The molecule has 0 fully saturated rings. The predicted octanol–water partition coefficient (Wildman–Crippen LogP) is 9.62. The van der Waals surface area contributed by atoms with Crippen LogP contribution in [0.4, 0.5) is 0 Å².